The molecule has 0 heterocycles. The van der Waals surface area contributed by atoms with Crippen LogP contribution in [-0.2, 0) is 25.5 Å². The second-order valence-corrected chi connectivity index (χ2v) is 22.8. The second kappa shape index (κ2) is 16.5. The van der Waals surface area contributed by atoms with Crippen molar-refractivity contribution in [3.8, 4) is 0 Å². The Bertz CT molecular complexity index is 1380. The zero-order valence-corrected chi connectivity index (χ0v) is 33.7. The van der Waals surface area contributed by atoms with Crippen molar-refractivity contribution < 1.29 is 23.6 Å². The monoisotopic (exact) mass is 764 g/mol. The molecule has 3 rings (SSSR count). The molecule has 3 aromatic rings. The predicted molar refractivity (Wildman–Crippen MR) is 196 cm³/mol. The topological polar surface area (TPSA) is 78.9 Å². The van der Waals surface area contributed by atoms with Gasteiger partial charge in [0.05, 0.1) is 0 Å². The maximum atomic E-state index is 14.2. The third kappa shape index (κ3) is 10.7. The van der Waals surface area contributed by atoms with Gasteiger partial charge in [-0.3, -0.25) is 0 Å². The first-order valence-corrected chi connectivity index (χ1v) is 22.9. The molecule has 0 unspecified atom stereocenters. The summed E-state index contributed by atoms with van der Waals surface area (Å²) < 4.78 is 19.4. The molecule has 0 fully saturated rings. The van der Waals surface area contributed by atoms with Crippen LogP contribution in [0.1, 0.15) is 156 Å². The Balaban J connectivity index is 2.17. The Hall–Kier alpha value is -3.13. The molecule has 0 bridgehead atoms. The normalized spacial score (nSPS) is 12.4. The van der Waals surface area contributed by atoms with Crippen LogP contribution < -0.4 is 0 Å². The molecule has 0 saturated carbocycles. The SMILES string of the molecule is CCCCCCC[CH2][Sn]([O]C(=O)c1ccccc1C(C)(C)C)([O]C(=O)c1ccccc1C(C)(C)C)[O]C(=O)c1ccccc1C(C)(C)C. The molecule has 48 heavy (non-hydrogen) atoms. The van der Waals surface area contributed by atoms with E-state index in [-0.39, 0.29) is 20.7 Å². The number of unbranched alkanes of at least 4 members (excludes halogenated alkanes) is 5. The van der Waals surface area contributed by atoms with Crippen LogP contribution in [0, 0.1) is 0 Å². The predicted octanol–water partition coefficient (Wildman–Crippen LogP) is 10.7. The van der Waals surface area contributed by atoms with E-state index < -0.39 is 37.5 Å². The molecule has 7 heteroatoms. The van der Waals surface area contributed by atoms with E-state index in [4.69, 9.17) is 9.22 Å². The third-order valence-corrected chi connectivity index (χ3v) is 15.5. The Labute approximate surface area is 294 Å². The molecule has 0 aliphatic carbocycles. The molecule has 0 spiro atoms. The van der Waals surface area contributed by atoms with Gasteiger partial charge in [0.15, 0.2) is 0 Å². The van der Waals surface area contributed by atoms with Gasteiger partial charge in [-0.15, -0.1) is 0 Å². The first-order valence-electron chi connectivity index (χ1n) is 17.4. The molecular weight excluding hydrogens is 707 g/mol. The zero-order valence-electron chi connectivity index (χ0n) is 30.8. The van der Waals surface area contributed by atoms with Crippen molar-refractivity contribution in [3.05, 3.63) is 106 Å². The quantitative estimate of drug-likeness (QED) is 0.127. The van der Waals surface area contributed by atoms with Crippen molar-refractivity contribution in [1.29, 1.82) is 0 Å². The van der Waals surface area contributed by atoms with Crippen molar-refractivity contribution >= 4 is 37.5 Å². The van der Waals surface area contributed by atoms with Crippen LogP contribution in [-0.4, -0.2) is 37.5 Å². The number of hydrogen-bond donors (Lipinski definition) is 0. The number of carbonyl (C=O) groups is 3. The summed E-state index contributed by atoms with van der Waals surface area (Å²) in [7, 11) is 0. The van der Waals surface area contributed by atoms with E-state index in [1.807, 2.05) is 98.7 Å². The van der Waals surface area contributed by atoms with E-state index in [1.54, 1.807) is 36.4 Å². The first-order chi connectivity index (χ1) is 22.4. The van der Waals surface area contributed by atoms with Gasteiger partial charge in [-0.2, -0.15) is 0 Å². The number of benzene rings is 3. The second-order valence-electron chi connectivity index (χ2n) is 15.8. The van der Waals surface area contributed by atoms with Gasteiger partial charge in [0.25, 0.3) is 0 Å². The summed E-state index contributed by atoms with van der Waals surface area (Å²) in [5.41, 5.74) is 2.40. The average molecular weight is 764 g/mol. The minimum atomic E-state index is -5.46. The first kappa shape index (κ1) is 39.3. The maximum absolute atomic E-state index is 14.2. The van der Waals surface area contributed by atoms with Crippen molar-refractivity contribution in [2.24, 2.45) is 0 Å². The van der Waals surface area contributed by atoms with Crippen LogP contribution >= 0.6 is 0 Å². The van der Waals surface area contributed by atoms with E-state index in [2.05, 4.69) is 6.92 Å². The molecular formula is C41H56O6Sn. The number of carbonyl (C=O) groups excluding carboxylic acids is 3. The van der Waals surface area contributed by atoms with E-state index in [9.17, 15) is 14.4 Å². The van der Waals surface area contributed by atoms with Gasteiger partial charge in [-0.05, 0) is 0 Å². The van der Waals surface area contributed by atoms with Crippen LogP contribution in [0.5, 0.6) is 0 Å². The number of rotatable bonds is 13. The fourth-order valence-electron chi connectivity index (χ4n) is 5.87. The minimum absolute atomic E-state index is 0.192. The van der Waals surface area contributed by atoms with Gasteiger partial charge in [-0.1, -0.05) is 0 Å². The fourth-order valence-corrected chi connectivity index (χ4v) is 12.4. The van der Waals surface area contributed by atoms with Crippen molar-refractivity contribution in [1.82, 2.24) is 0 Å². The van der Waals surface area contributed by atoms with Crippen molar-refractivity contribution in [3.63, 3.8) is 0 Å². The molecule has 0 saturated heterocycles. The molecule has 0 amide bonds. The van der Waals surface area contributed by atoms with Crippen LogP contribution in [0.4, 0.5) is 0 Å². The summed E-state index contributed by atoms with van der Waals surface area (Å²) in [6.45, 7) is 20.4. The summed E-state index contributed by atoms with van der Waals surface area (Å²) >= 11 is -5.46. The van der Waals surface area contributed by atoms with E-state index in [1.165, 1.54) is 0 Å². The van der Waals surface area contributed by atoms with Crippen LogP contribution in [0.25, 0.3) is 0 Å². The Morgan fingerprint density at radius 3 is 1.08 bits per heavy atom. The average Bonchev–Trinajstić information content (AvgIpc) is 3.01. The van der Waals surface area contributed by atoms with Gasteiger partial charge in [0, 0.05) is 0 Å². The standard InChI is InChI=1S/3C11H14O2.C8H17.Sn/c3*1-11(2,3)9-7-5-4-6-8(9)10(12)13;1-3-5-7-8-6-4-2;/h3*4-7H,1-3H3,(H,12,13);1,3-8H2,2H3;/q;;;;+3/p-3. The summed E-state index contributed by atoms with van der Waals surface area (Å²) in [5.74, 6) is -1.93. The van der Waals surface area contributed by atoms with Gasteiger partial charge in [-0.25, -0.2) is 0 Å². The molecule has 260 valence electrons. The molecule has 0 atom stereocenters. The Kier molecular flexibility index (Phi) is 13.5. The molecule has 0 aliphatic rings. The fraction of sp³-hybridized carbons (Fsp3) is 0.488. The van der Waals surface area contributed by atoms with Gasteiger partial charge in [0.2, 0.25) is 0 Å². The van der Waals surface area contributed by atoms with Crippen molar-refractivity contribution in [2.45, 2.75) is 128 Å². The van der Waals surface area contributed by atoms with E-state index >= 15 is 0 Å². The summed E-state index contributed by atoms with van der Waals surface area (Å²) in [6, 6.07) is 21.9. The Morgan fingerprint density at radius 1 is 0.479 bits per heavy atom. The molecule has 0 aliphatic heterocycles. The summed E-state index contributed by atoms with van der Waals surface area (Å²) in [5, 5.41) is 0. The van der Waals surface area contributed by atoms with Gasteiger partial charge in [0.1, 0.15) is 0 Å². The number of hydrogen-bond acceptors (Lipinski definition) is 6. The zero-order chi connectivity index (χ0) is 35.8. The van der Waals surface area contributed by atoms with Crippen LogP contribution in [0.15, 0.2) is 72.8 Å². The summed E-state index contributed by atoms with van der Waals surface area (Å²) in [4.78, 5) is 42.7. The molecule has 3 aromatic carbocycles. The van der Waals surface area contributed by atoms with Gasteiger partial charge >= 0.3 is 296 Å². The van der Waals surface area contributed by atoms with Crippen molar-refractivity contribution in [2.75, 3.05) is 0 Å². The van der Waals surface area contributed by atoms with Crippen LogP contribution in [0.2, 0.25) is 4.44 Å². The van der Waals surface area contributed by atoms with E-state index in [0.29, 0.717) is 23.1 Å². The van der Waals surface area contributed by atoms with E-state index in [0.717, 1.165) is 48.8 Å². The van der Waals surface area contributed by atoms with Gasteiger partial charge < -0.3 is 0 Å². The molecule has 0 N–H and O–H groups in total. The molecule has 6 nitrogen and oxygen atoms in total. The Morgan fingerprint density at radius 2 is 0.771 bits per heavy atom. The third-order valence-electron chi connectivity index (χ3n) is 8.45. The summed E-state index contributed by atoms with van der Waals surface area (Å²) in [6.07, 6.45) is 5.73. The van der Waals surface area contributed by atoms with Crippen LogP contribution in [0.3, 0.4) is 0 Å². The molecule has 0 aromatic heterocycles. The molecule has 0 radical (unpaired) electrons.